The van der Waals surface area contributed by atoms with Gasteiger partial charge in [-0.1, -0.05) is 12.1 Å². The van der Waals surface area contributed by atoms with Crippen LogP contribution < -0.4 is 10.6 Å². The van der Waals surface area contributed by atoms with Gasteiger partial charge < -0.3 is 15.4 Å². The topological polar surface area (TPSA) is 50.4 Å². The third kappa shape index (κ3) is 3.78. The molecule has 4 nitrogen and oxygen atoms in total. The van der Waals surface area contributed by atoms with Crippen LogP contribution in [0.4, 0.5) is 0 Å². The second-order valence-electron chi connectivity index (χ2n) is 4.83. The molecule has 19 heavy (non-hydrogen) atoms. The van der Waals surface area contributed by atoms with Gasteiger partial charge in [-0.25, -0.2) is 0 Å². The Hall–Kier alpha value is -1.39. The predicted molar refractivity (Wildman–Crippen MR) is 75.3 cm³/mol. The molecule has 1 aliphatic heterocycles. The fraction of sp³-hybridized carbons (Fsp3) is 0.533. The van der Waals surface area contributed by atoms with Crippen LogP contribution in [-0.2, 0) is 17.7 Å². The fourth-order valence-corrected chi connectivity index (χ4v) is 2.41. The second kappa shape index (κ2) is 7.26. The fourth-order valence-electron chi connectivity index (χ4n) is 2.41. The maximum absolute atomic E-state index is 12.2. The highest BCUT2D eigenvalue weighted by Gasteiger charge is 2.16. The standard InChI is InChI=1S/C15H22N2O2/c1-19-10-3-2-8-17-15(18)14-6-4-5-12-11-16-9-7-13(12)14/h4-6,16H,2-3,7-11H2,1H3,(H,17,18). The van der Waals surface area contributed by atoms with Gasteiger partial charge in [0.05, 0.1) is 0 Å². The van der Waals surface area contributed by atoms with Crippen molar-refractivity contribution in [2.24, 2.45) is 0 Å². The van der Waals surface area contributed by atoms with Crippen molar-refractivity contribution >= 4 is 5.91 Å². The molecule has 0 spiro atoms. The number of rotatable bonds is 6. The molecule has 0 bridgehead atoms. The molecule has 0 radical (unpaired) electrons. The largest absolute Gasteiger partial charge is 0.385 e. The number of benzene rings is 1. The molecule has 1 aromatic rings. The van der Waals surface area contributed by atoms with Gasteiger partial charge in [0.1, 0.15) is 0 Å². The first kappa shape index (κ1) is 14.0. The summed E-state index contributed by atoms with van der Waals surface area (Å²) in [5.74, 6) is 0.0520. The number of methoxy groups -OCH3 is 1. The van der Waals surface area contributed by atoms with Crippen LogP contribution in [0.15, 0.2) is 18.2 Å². The van der Waals surface area contributed by atoms with Crippen molar-refractivity contribution in [3.63, 3.8) is 0 Å². The number of nitrogens with one attached hydrogen (secondary N) is 2. The lowest BCUT2D eigenvalue weighted by atomic mass is 9.95. The van der Waals surface area contributed by atoms with Crippen LogP contribution in [0.3, 0.4) is 0 Å². The maximum Gasteiger partial charge on any atom is 0.251 e. The summed E-state index contributed by atoms with van der Waals surface area (Å²) in [4.78, 5) is 12.2. The third-order valence-electron chi connectivity index (χ3n) is 3.45. The van der Waals surface area contributed by atoms with Crippen LogP contribution in [0.25, 0.3) is 0 Å². The number of ether oxygens (including phenoxy) is 1. The Kier molecular flexibility index (Phi) is 5.36. The van der Waals surface area contributed by atoms with Gasteiger partial charge >= 0.3 is 0 Å². The maximum atomic E-state index is 12.2. The molecule has 0 atom stereocenters. The summed E-state index contributed by atoms with van der Waals surface area (Å²) in [6.45, 7) is 3.28. The predicted octanol–water partition coefficient (Wildman–Crippen LogP) is 1.49. The highest BCUT2D eigenvalue weighted by Crippen LogP contribution is 2.18. The van der Waals surface area contributed by atoms with Crippen molar-refractivity contribution in [3.8, 4) is 0 Å². The Balaban J connectivity index is 1.92. The quantitative estimate of drug-likeness (QED) is 0.764. The molecule has 2 rings (SSSR count). The summed E-state index contributed by atoms with van der Waals surface area (Å²) in [5, 5.41) is 6.32. The number of amides is 1. The SMILES string of the molecule is COCCCCNC(=O)c1cccc2c1CCNC2. The number of carbonyl (C=O) groups is 1. The third-order valence-corrected chi connectivity index (χ3v) is 3.45. The van der Waals surface area contributed by atoms with Crippen LogP contribution >= 0.6 is 0 Å². The van der Waals surface area contributed by atoms with E-state index in [9.17, 15) is 4.79 Å². The molecule has 104 valence electrons. The summed E-state index contributed by atoms with van der Waals surface area (Å²) >= 11 is 0. The summed E-state index contributed by atoms with van der Waals surface area (Å²) in [5.41, 5.74) is 3.29. The van der Waals surface area contributed by atoms with E-state index < -0.39 is 0 Å². The average Bonchev–Trinajstić information content (AvgIpc) is 2.46. The van der Waals surface area contributed by atoms with Gasteiger partial charge in [0.2, 0.25) is 0 Å². The lowest BCUT2D eigenvalue weighted by molar-refractivity contribution is 0.0950. The van der Waals surface area contributed by atoms with Gasteiger partial charge in [0.25, 0.3) is 5.91 Å². The second-order valence-corrected chi connectivity index (χ2v) is 4.83. The van der Waals surface area contributed by atoms with Crippen LogP contribution in [0.5, 0.6) is 0 Å². The van der Waals surface area contributed by atoms with Crippen LogP contribution in [0, 0.1) is 0 Å². The molecule has 0 aromatic heterocycles. The minimum Gasteiger partial charge on any atom is -0.385 e. The Morgan fingerprint density at radius 1 is 1.42 bits per heavy atom. The number of hydrogen-bond donors (Lipinski definition) is 2. The molecular formula is C15H22N2O2. The van der Waals surface area contributed by atoms with Gasteiger partial charge in [0, 0.05) is 32.4 Å². The molecule has 1 aliphatic rings. The van der Waals surface area contributed by atoms with Gasteiger partial charge in [-0.15, -0.1) is 0 Å². The van der Waals surface area contributed by atoms with Crippen molar-refractivity contribution in [3.05, 3.63) is 34.9 Å². The molecule has 0 saturated carbocycles. The lowest BCUT2D eigenvalue weighted by Gasteiger charge is -2.19. The molecule has 0 fully saturated rings. The van der Waals surface area contributed by atoms with Crippen molar-refractivity contribution in [1.82, 2.24) is 10.6 Å². The number of carbonyl (C=O) groups excluding carboxylic acids is 1. The van der Waals surface area contributed by atoms with Gasteiger partial charge in [-0.05, 0) is 43.0 Å². The Morgan fingerprint density at radius 3 is 3.16 bits per heavy atom. The molecule has 1 amide bonds. The van der Waals surface area contributed by atoms with Gasteiger partial charge in [0.15, 0.2) is 0 Å². The summed E-state index contributed by atoms with van der Waals surface area (Å²) in [6.07, 6.45) is 2.87. The number of fused-ring (bicyclic) bond motifs is 1. The zero-order valence-electron chi connectivity index (χ0n) is 11.5. The molecule has 1 aromatic carbocycles. The highest BCUT2D eigenvalue weighted by molar-refractivity contribution is 5.96. The van der Waals surface area contributed by atoms with Crippen molar-refractivity contribution < 1.29 is 9.53 Å². The first-order valence-corrected chi connectivity index (χ1v) is 6.91. The highest BCUT2D eigenvalue weighted by atomic mass is 16.5. The van der Waals surface area contributed by atoms with E-state index in [1.54, 1.807) is 7.11 Å². The van der Waals surface area contributed by atoms with E-state index in [0.29, 0.717) is 6.54 Å². The van der Waals surface area contributed by atoms with E-state index in [0.717, 1.165) is 44.5 Å². The van der Waals surface area contributed by atoms with E-state index in [-0.39, 0.29) is 5.91 Å². The van der Waals surface area contributed by atoms with E-state index >= 15 is 0 Å². The van der Waals surface area contributed by atoms with Crippen LogP contribution in [0.2, 0.25) is 0 Å². The zero-order chi connectivity index (χ0) is 13.5. The molecular weight excluding hydrogens is 240 g/mol. The monoisotopic (exact) mass is 262 g/mol. The minimum absolute atomic E-state index is 0.0520. The number of unbranched alkanes of at least 4 members (excludes halogenated alkanes) is 1. The smallest absolute Gasteiger partial charge is 0.251 e. The molecule has 2 N–H and O–H groups in total. The van der Waals surface area contributed by atoms with Crippen molar-refractivity contribution in [2.45, 2.75) is 25.8 Å². The molecule has 0 saturated heterocycles. The van der Waals surface area contributed by atoms with Crippen LogP contribution in [0.1, 0.15) is 34.3 Å². The molecule has 1 heterocycles. The van der Waals surface area contributed by atoms with Gasteiger partial charge in [-0.3, -0.25) is 4.79 Å². The van der Waals surface area contributed by atoms with Crippen molar-refractivity contribution in [2.75, 3.05) is 26.8 Å². The van der Waals surface area contributed by atoms with E-state index in [4.69, 9.17) is 4.74 Å². The first-order valence-electron chi connectivity index (χ1n) is 6.91. The Bertz CT molecular complexity index is 432. The van der Waals surface area contributed by atoms with Gasteiger partial charge in [-0.2, -0.15) is 0 Å². The lowest BCUT2D eigenvalue weighted by Crippen LogP contribution is -2.30. The Labute approximate surface area is 114 Å². The van der Waals surface area contributed by atoms with Crippen molar-refractivity contribution in [1.29, 1.82) is 0 Å². The summed E-state index contributed by atoms with van der Waals surface area (Å²) in [6, 6.07) is 5.98. The Morgan fingerprint density at radius 2 is 2.32 bits per heavy atom. The zero-order valence-corrected chi connectivity index (χ0v) is 11.5. The summed E-state index contributed by atoms with van der Waals surface area (Å²) < 4.78 is 4.99. The molecule has 0 unspecified atom stereocenters. The summed E-state index contributed by atoms with van der Waals surface area (Å²) in [7, 11) is 1.70. The van der Waals surface area contributed by atoms with E-state index in [1.165, 1.54) is 11.1 Å². The average molecular weight is 262 g/mol. The van der Waals surface area contributed by atoms with E-state index in [2.05, 4.69) is 16.7 Å². The minimum atomic E-state index is 0.0520. The molecule has 4 heteroatoms. The number of hydrogen-bond acceptors (Lipinski definition) is 3. The van der Waals surface area contributed by atoms with Crippen LogP contribution in [-0.4, -0.2) is 32.7 Å². The molecule has 0 aliphatic carbocycles. The normalized spacial score (nSPS) is 13.9. The van der Waals surface area contributed by atoms with E-state index in [1.807, 2.05) is 12.1 Å². The first-order chi connectivity index (χ1) is 9.33.